The third-order valence-corrected chi connectivity index (χ3v) is 4.49. The van der Waals surface area contributed by atoms with Crippen molar-refractivity contribution in [2.24, 2.45) is 16.8 Å². The minimum Gasteiger partial charge on any atom is -0.493 e. The summed E-state index contributed by atoms with van der Waals surface area (Å²) in [6.45, 7) is 5.43. The quantitative estimate of drug-likeness (QED) is 0.327. The fourth-order valence-corrected chi connectivity index (χ4v) is 2.75. The van der Waals surface area contributed by atoms with Crippen LogP contribution in [0.3, 0.4) is 0 Å². The lowest BCUT2D eigenvalue weighted by Gasteiger charge is -2.17. The molecule has 148 valence electrons. The number of para-hydroxylation sites is 1. The summed E-state index contributed by atoms with van der Waals surface area (Å²) in [6, 6.07) is 10.2. The van der Waals surface area contributed by atoms with E-state index in [9.17, 15) is 0 Å². The molecule has 1 aromatic carbocycles. The molecule has 1 aliphatic rings. The summed E-state index contributed by atoms with van der Waals surface area (Å²) in [5.74, 6) is 2.97. The van der Waals surface area contributed by atoms with Crippen LogP contribution < -0.4 is 15.4 Å². The first kappa shape index (κ1) is 21.5. The monoisotopic (exact) mass is 483 g/mol. The lowest BCUT2D eigenvalue weighted by atomic mass is 10.2. The molecule has 2 N–H and O–H groups in total. The van der Waals surface area contributed by atoms with Crippen LogP contribution in [0.2, 0.25) is 0 Å². The van der Waals surface area contributed by atoms with E-state index in [1.54, 1.807) is 7.05 Å². The van der Waals surface area contributed by atoms with E-state index in [4.69, 9.17) is 4.74 Å². The fourth-order valence-electron chi connectivity index (χ4n) is 2.75. The Balaban J connectivity index is 0.00000261. The van der Waals surface area contributed by atoms with E-state index in [1.807, 2.05) is 41.3 Å². The molecule has 1 saturated carbocycles. The van der Waals surface area contributed by atoms with Crippen molar-refractivity contribution >= 4 is 29.9 Å². The third kappa shape index (κ3) is 7.40. The van der Waals surface area contributed by atoms with Crippen molar-refractivity contribution in [3.63, 3.8) is 0 Å². The first-order valence-corrected chi connectivity index (χ1v) is 9.37. The standard InChI is InChI=1S/C20H29N5O.HI/c1-16(14-25-11-5-10-24-25)12-22-20(21-2)23-13-18-6-3-4-7-19(18)26-15-17-8-9-17;/h3-7,10-11,16-17H,8-9,12-15H2,1-2H3,(H2,21,22,23);1H. The highest BCUT2D eigenvalue weighted by Gasteiger charge is 2.22. The molecule has 2 aromatic rings. The zero-order chi connectivity index (χ0) is 18.2. The van der Waals surface area contributed by atoms with Crippen LogP contribution in [0.5, 0.6) is 5.75 Å². The molecular formula is C20H30IN5O. The molecule has 6 nitrogen and oxygen atoms in total. The maximum Gasteiger partial charge on any atom is 0.191 e. The number of benzene rings is 1. The van der Waals surface area contributed by atoms with Crippen LogP contribution in [0, 0.1) is 11.8 Å². The molecule has 1 aliphatic carbocycles. The smallest absolute Gasteiger partial charge is 0.191 e. The molecule has 0 amide bonds. The predicted molar refractivity (Wildman–Crippen MR) is 120 cm³/mol. The second-order valence-electron chi connectivity index (χ2n) is 7.00. The summed E-state index contributed by atoms with van der Waals surface area (Å²) in [6.07, 6.45) is 6.40. The molecule has 0 saturated heterocycles. The van der Waals surface area contributed by atoms with Gasteiger partial charge in [-0.2, -0.15) is 5.10 Å². The third-order valence-electron chi connectivity index (χ3n) is 4.49. The number of guanidine groups is 1. The van der Waals surface area contributed by atoms with Gasteiger partial charge in [0.25, 0.3) is 0 Å². The fraction of sp³-hybridized carbons (Fsp3) is 0.500. The normalized spacial score (nSPS) is 15.0. The van der Waals surface area contributed by atoms with E-state index in [2.05, 4.69) is 33.7 Å². The van der Waals surface area contributed by atoms with Gasteiger partial charge in [-0.3, -0.25) is 9.67 Å². The second-order valence-corrected chi connectivity index (χ2v) is 7.00. The number of nitrogens with zero attached hydrogens (tertiary/aromatic N) is 3. The summed E-state index contributed by atoms with van der Waals surface area (Å²) in [7, 11) is 1.79. The van der Waals surface area contributed by atoms with E-state index >= 15 is 0 Å². The van der Waals surface area contributed by atoms with Gasteiger partial charge in [0.15, 0.2) is 5.96 Å². The summed E-state index contributed by atoms with van der Waals surface area (Å²) in [4.78, 5) is 4.32. The van der Waals surface area contributed by atoms with E-state index < -0.39 is 0 Å². The number of aliphatic imine (C=N–C) groups is 1. The number of rotatable bonds is 9. The topological polar surface area (TPSA) is 63.5 Å². The molecule has 0 bridgehead atoms. The minimum atomic E-state index is 0. The van der Waals surface area contributed by atoms with Gasteiger partial charge in [0.2, 0.25) is 0 Å². The number of aromatic nitrogens is 2. The molecule has 1 heterocycles. The molecule has 0 aliphatic heterocycles. The Morgan fingerprint density at radius 2 is 2.11 bits per heavy atom. The van der Waals surface area contributed by atoms with Crippen LogP contribution in [0.25, 0.3) is 0 Å². The largest absolute Gasteiger partial charge is 0.493 e. The summed E-state index contributed by atoms with van der Waals surface area (Å²) in [5.41, 5.74) is 1.15. The molecular weight excluding hydrogens is 453 g/mol. The van der Waals surface area contributed by atoms with Crippen molar-refractivity contribution in [3.05, 3.63) is 48.3 Å². The SMILES string of the molecule is CN=C(NCc1ccccc1OCC1CC1)NCC(C)Cn1cccn1.I. The van der Waals surface area contributed by atoms with Crippen LogP contribution in [-0.4, -0.2) is 35.9 Å². The van der Waals surface area contributed by atoms with Crippen LogP contribution >= 0.6 is 24.0 Å². The maximum absolute atomic E-state index is 5.97. The average molecular weight is 483 g/mol. The number of ether oxygens (including phenoxy) is 1. The first-order valence-electron chi connectivity index (χ1n) is 9.37. The van der Waals surface area contributed by atoms with Gasteiger partial charge < -0.3 is 15.4 Å². The summed E-state index contributed by atoms with van der Waals surface area (Å²) in [5, 5.41) is 11.0. The molecule has 1 aromatic heterocycles. The molecule has 27 heavy (non-hydrogen) atoms. The Kier molecular flexibility index (Phi) is 8.90. The summed E-state index contributed by atoms with van der Waals surface area (Å²) < 4.78 is 7.93. The molecule has 1 atom stereocenters. The first-order chi connectivity index (χ1) is 12.7. The zero-order valence-corrected chi connectivity index (χ0v) is 18.4. The van der Waals surface area contributed by atoms with Gasteiger partial charge in [-0.05, 0) is 36.8 Å². The number of halogens is 1. The lowest BCUT2D eigenvalue weighted by Crippen LogP contribution is -2.39. The van der Waals surface area contributed by atoms with Crippen molar-refractivity contribution in [3.8, 4) is 5.75 Å². The van der Waals surface area contributed by atoms with Crippen molar-refractivity contribution in [1.82, 2.24) is 20.4 Å². The maximum atomic E-state index is 5.97. The Morgan fingerprint density at radius 3 is 2.81 bits per heavy atom. The van der Waals surface area contributed by atoms with Crippen LogP contribution in [0.1, 0.15) is 25.3 Å². The van der Waals surface area contributed by atoms with Gasteiger partial charge in [-0.15, -0.1) is 24.0 Å². The van der Waals surface area contributed by atoms with Gasteiger partial charge in [-0.1, -0.05) is 25.1 Å². The molecule has 0 radical (unpaired) electrons. The van der Waals surface area contributed by atoms with Crippen LogP contribution in [0.4, 0.5) is 0 Å². The Morgan fingerprint density at radius 1 is 1.30 bits per heavy atom. The Labute approximate surface area is 178 Å². The molecule has 3 rings (SSSR count). The van der Waals surface area contributed by atoms with Gasteiger partial charge in [0, 0.05) is 44.6 Å². The van der Waals surface area contributed by atoms with Gasteiger partial charge >= 0.3 is 0 Å². The average Bonchev–Trinajstić information content (AvgIpc) is 3.35. The lowest BCUT2D eigenvalue weighted by molar-refractivity contribution is 0.296. The predicted octanol–water partition coefficient (Wildman–Crippen LogP) is 3.29. The van der Waals surface area contributed by atoms with E-state index in [0.29, 0.717) is 12.5 Å². The minimum absolute atomic E-state index is 0. The van der Waals surface area contributed by atoms with Crippen molar-refractivity contribution in [2.45, 2.75) is 32.9 Å². The highest BCUT2D eigenvalue weighted by molar-refractivity contribution is 14.0. The Hall–Kier alpha value is -1.77. The van der Waals surface area contributed by atoms with Crippen LogP contribution in [-0.2, 0) is 13.1 Å². The molecule has 0 spiro atoms. The molecule has 1 fully saturated rings. The number of hydrogen-bond donors (Lipinski definition) is 2. The van der Waals surface area contributed by atoms with Crippen molar-refractivity contribution < 1.29 is 4.74 Å². The summed E-state index contributed by atoms with van der Waals surface area (Å²) >= 11 is 0. The van der Waals surface area contributed by atoms with Crippen molar-refractivity contribution in [2.75, 3.05) is 20.2 Å². The van der Waals surface area contributed by atoms with E-state index in [1.165, 1.54) is 12.8 Å². The second kappa shape index (κ2) is 11.2. The van der Waals surface area contributed by atoms with Gasteiger partial charge in [0.05, 0.1) is 6.61 Å². The molecule has 1 unspecified atom stereocenters. The van der Waals surface area contributed by atoms with Gasteiger partial charge in [0.1, 0.15) is 5.75 Å². The zero-order valence-electron chi connectivity index (χ0n) is 16.1. The van der Waals surface area contributed by atoms with E-state index in [-0.39, 0.29) is 24.0 Å². The number of hydrogen-bond acceptors (Lipinski definition) is 3. The van der Waals surface area contributed by atoms with E-state index in [0.717, 1.165) is 42.9 Å². The highest BCUT2D eigenvalue weighted by atomic mass is 127. The number of nitrogens with one attached hydrogen (secondary N) is 2. The Bertz CT molecular complexity index is 700. The molecule has 7 heteroatoms. The van der Waals surface area contributed by atoms with Crippen LogP contribution in [0.15, 0.2) is 47.7 Å². The van der Waals surface area contributed by atoms with Gasteiger partial charge in [-0.25, -0.2) is 0 Å². The van der Waals surface area contributed by atoms with Crippen molar-refractivity contribution in [1.29, 1.82) is 0 Å². The highest BCUT2D eigenvalue weighted by Crippen LogP contribution is 2.30.